The van der Waals surface area contributed by atoms with Gasteiger partial charge in [0.15, 0.2) is 0 Å². The number of nitrogens with zero attached hydrogens (tertiary/aromatic N) is 3. The highest BCUT2D eigenvalue weighted by atomic mass is 16.4. The quantitative estimate of drug-likeness (QED) is 0.366. The van der Waals surface area contributed by atoms with Crippen LogP contribution in [0.15, 0.2) is 29.4 Å². The standard InChI is InChI=1S/C13H20N4O/c1-10(13(14)15-18)9-17-8-7-16(2)11-5-3-4-6-12(11)17/h3-6,10,18H,7-9H2,1-2H3,(H2,14,15). The highest BCUT2D eigenvalue weighted by Gasteiger charge is 2.22. The van der Waals surface area contributed by atoms with Gasteiger partial charge in [0, 0.05) is 32.6 Å². The predicted molar refractivity (Wildman–Crippen MR) is 74.5 cm³/mol. The molecule has 1 aromatic rings. The molecule has 1 heterocycles. The molecule has 0 fully saturated rings. The van der Waals surface area contributed by atoms with Crippen molar-refractivity contribution in [3.8, 4) is 0 Å². The van der Waals surface area contributed by atoms with Crippen LogP contribution in [0, 0.1) is 5.92 Å². The number of rotatable bonds is 3. The molecule has 0 amide bonds. The number of anilines is 2. The monoisotopic (exact) mass is 248 g/mol. The highest BCUT2D eigenvalue weighted by Crippen LogP contribution is 2.32. The molecule has 0 bridgehead atoms. The van der Waals surface area contributed by atoms with Gasteiger partial charge >= 0.3 is 0 Å². The second-order valence-corrected chi connectivity index (χ2v) is 4.78. The van der Waals surface area contributed by atoms with Crippen LogP contribution >= 0.6 is 0 Å². The molecule has 1 atom stereocenters. The van der Waals surface area contributed by atoms with E-state index in [0.717, 1.165) is 19.6 Å². The summed E-state index contributed by atoms with van der Waals surface area (Å²) in [6.45, 7) is 4.67. The fraction of sp³-hybridized carbons (Fsp3) is 0.462. The van der Waals surface area contributed by atoms with E-state index in [1.54, 1.807) is 0 Å². The zero-order valence-corrected chi connectivity index (χ0v) is 10.9. The van der Waals surface area contributed by atoms with Crippen molar-refractivity contribution in [2.45, 2.75) is 6.92 Å². The smallest absolute Gasteiger partial charge is 0.143 e. The summed E-state index contributed by atoms with van der Waals surface area (Å²) in [4.78, 5) is 4.54. The molecule has 5 nitrogen and oxygen atoms in total. The molecule has 0 spiro atoms. The Balaban J connectivity index is 2.19. The molecule has 1 aromatic carbocycles. The van der Waals surface area contributed by atoms with Crippen molar-refractivity contribution in [3.63, 3.8) is 0 Å². The molecule has 0 aromatic heterocycles. The summed E-state index contributed by atoms with van der Waals surface area (Å²) in [6, 6.07) is 8.32. The Morgan fingerprint density at radius 1 is 1.39 bits per heavy atom. The van der Waals surface area contributed by atoms with E-state index in [2.05, 4.69) is 34.1 Å². The SMILES string of the molecule is CC(CN1CCN(C)c2ccccc21)C(N)=NO. The van der Waals surface area contributed by atoms with Gasteiger partial charge in [-0.1, -0.05) is 24.2 Å². The average Bonchev–Trinajstić information content (AvgIpc) is 2.41. The lowest BCUT2D eigenvalue weighted by atomic mass is 10.1. The molecule has 5 heteroatoms. The summed E-state index contributed by atoms with van der Waals surface area (Å²) in [5.41, 5.74) is 8.09. The number of hydrogen-bond acceptors (Lipinski definition) is 4. The maximum atomic E-state index is 8.71. The largest absolute Gasteiger partial charge is 0.409 e. The van der Waals surface area contributed by atoms with Gasteiger partial charge in [-0.3, -0.25) is 0 Å². The lowest BCUT2D eigenvalue weighted by Gasteiger charge is -2.38. The Bertz CT molecular complexity index is 446. The topological polar surface area (TPSA) is 65.1 Å². The second kappa shape index (κ2) is 5.16. The van der Waals surface area contributed by atoms with Crippen molar-refractivity contribution < 1.29 is 5.21 Å². The number of amidine groups is 1. The van der Waals surface area contributed by atoms with Gasteiger partial charge in [-0.25, -0.2) is 0 Å². The lowest BCUT2D eigenvalue weighted by molar-refractivity contribution is 0.314. The van der Waals surface area contributed by atoms with Crippen molar-refractivity contribution in [2.75, 3.05) is 36.5 Å². The molecule has 0 aliphatic carbocycles. The van der Waals surface area contributed by atoms with Crippen LogP contribution in [-0.2, 0) is 0 Å². The van der Waals surface area contributed by atoms with E-state index in [9.17, 15) is 0 Å². The molecule has 1 aliphatic rings. The van der Waals surface area contributed by atoms with Crippen LogP contribution in [0.5, 0.6) is 0 Å². The average molecular weight is 248 g/mol. The Kier molecular flexibility index (Phi) is 3.60. The predicted octanol–water partition coefficient (Wildman–Crippen LogP) is 1.33. The van der Waals surface area contributed by atoms with Gasteiger partial charge in [0.2, 0.25) is 0 Å². The van der Waals surface area contributed by atoms with Gasteiger partial charge in [0.1, 0.15) is 5.84 Å². The molecule has 2 rings (SSSR count). The van der Waals surface area contributed by atoms with Gasteiger partial charge in [-0.05, 0) is 12.1 Å². The number of oxime groups is 1. The number of nitrogens with two attached hydrogens (primary N) is 1. The zero-order chi connectivity index (χ0) is 13.1. The van der Waals surface area contributed by atoms with E-state index in [-0.39, 0.29) is 11.8 Å². The van der Waals surface area contributed by atoms with Crippen molar-refractivity contribution in [1.82, 2.24) is 0 Å². The summed E-state index contributed by atoms with van der Waals surface area (Å²) in [5.74, 6) is 0.317. The van der Waals surface area contributed by atoms with E-state index in [1.807, 2.05) is 19.1 Å². The minimum atomic E-state index is 0.0338. The van der Waals surface area contributed by atoms with Crippen LogP contribution in [-0.4, -0.2) is 37.7 Å². The fourth-order valence-electron chi connectivity index (χ4n) is 2.28. The van der Waals surface area contributed by atoms with Crippen LogP contribution < -0.4 is 15.5 Å². The van der Waals surface area contributed by atoms with Gasteiger partial charge in [-0.15, -0.1) is 0 Å². The molecular formula is C13H20N4O. The third kappa shape index (κ3) is 2.34. The first-order valence-corrected chi connectivity index (χ1v) is 6.16. The highest BCUT2D eigenvalue weighted by molar-refractivity contribution is 5.83. The van der Waals surface area contributed by atoms with E-state index >= 15 is 0 Å². The normalized spacial score (nSPS) is 17.6. The number of fused-ring (bicyclic) bond motifs is 1. The first-order chi connectivity index (χ1) is 8.63. The van der Waals surface area contributed by atoms with Gasteiger partial charge < -0.3 is 20.7 Å². The van der Waals surface area contributed by atoms with Crippen molar-refractivity contribution in [2.24, 2.45) is 16.8 Å². The summed E-state index contributed by atoms with van der Waals surface area (Å²) in [6.07, 6.45) is 0. The lowest BCUT2D eigenvalue weighted by Crippen LogP contribution is -2.43. The van der Waals surface area contributed by atoms with E-state index in [4.69, 9.17) is 10.9 Å². The van der Waals surface area contributed by atoms with Crippen molar-refractivity contribution >= 4 is 17.2 Å². The summed E-state index contributed by atoms with van der Waals surface area (Å²) >= 11 is 0. The number of para-hydroxylation sites is 2. The first kappa shape index (κ1) is 12.5. The van der Waals surface area contributed by atoms with Crippen LogP contribution in [0.4, 0.5) is 11.4 Å². The summed E-state index contributed by atoms with van der Waals surface area (Å²) in [7, 11) is 2.10. The third-order valence-electron chi connectivity index (χ3n) is 3.45. The summed E-state index contributed by atoms with van der Waals surface area (Å²) < 4.78 is 0. The molecule has 0 saturated carbocycles. The molecular weight excluding hydrogens is 228 g/mol. The second-order valence-electron chi connectivity index (χ2n) is 4.78. The Morgan fingerprint density at radius 2 is 2.06 bits per heavy atom. The van der Waals surface area contributed by atoms with Crippen molar-refractivity contribution in [1.29, 1.82) is 0 Å². The van der Waals surface area contributed by atoms with Crippen molar-refractivity contribution in [3.05, 3.63) is 24.3 Å². The molecule has 98 valence electrons. The van der Waals surface area contributed by atoms with Crippen LogP contribution in [0.2, 0.25) is 0 Å². The summed E-state index contributed by atoms with van der Waals surface area (Å²) in [5, 5.41) is 11.8. The molecule has 1 aliphatic heterocycles. The van der Waals surface area contributed by atoms with Crippen LogP contribution in [0.3, 0.4) is 0 Å². The van der Waals surface area contributed by atoms with Gasteiger partial charge in [-0.2, -0.15) is 0 Å². The maximum Gasteiger partial charge on any atom is 0.143 e. The van der Waals surface area contributed by atoms with Gasteiger partial charge in [0.25, 0.3) is 0 Å². The molecule has 3 N–H and O–H groups in total. The minimum absolute atomic E-state index is 0.0338. The molecule has 0 radical (unpaired) electrons. The first-order valence-electron chi connectivity index (χ1n) is 6.16. The minimum Gasteiger partial charge on any atom is -0.409 e. The molecule has 0 saturated heterocycles. The third-order valence-corrected chi connectivity index (χ3v) is 3.45. The maximum absolute atomic E-state index is 8.71. The van der Waals surface area contributed by atoms with E-state index in [1.165, 1.54) is 11.4 Å². The van der Waals surface area contributed by atoms with E-state index in [0.29, 0.717) is 0 Å². The molecule has 18 heavy (non-hydrogen) atoms. The fourth-order valence-corrected chi connectivity index (χ4v) is 2.28. The Labute approximate surface area is 107 Å². The van der Waals surface area contributed by atoms with Gasteiger partial charge in [0.05, 0.1) is 11.4 Å². The number of hydrogen-bond donors (Lipinski definition) is 2. The Hall–Kier alpha value is -1.91. The zero-order valence-electron chi connectivity index (χ0n) is 10.9. The molecule has 1 unspecified atom stereocenters. The van der Waals surface area contributed by atoms with Crippen LogP contribution in [0.25, 0.3) is 0 Å². The van der Waals surface area contributed by atoms with Crippen LogP contribution in [0.1, 0.15) is 6.92 Å². The Morgan fingerprint density at radius 3 is 2.72 bits per heavy atom. The van der Waals surface area contributed by atoms with E-state index < -0.39 is 0 Å². The number of likely N-dealkylation sites (N-methyl/N-ethyl adjacent to an activating group) is 1. The number of benzene rings is 1.